The molecule has 0 aliphatic carbocycles. The highest BCUT2D eigenvalue weighted by molar-refractivity contribution is 5.89. The number of methoxy groups -OCH3 is 1. The van der Waals surface area contributed by atoms with Crippen LogP contribution in [-0.2, 0) is 22.4 Å². The second-order valence-electron chi connectivity index (χ2n) is 6.63. The Balaban J connectivity index is 1.56. The summed E-state index contributed by atoms with van der Waals surface area (Å²) in [6, 6.07) is 11.1. The number of hydrogen-bond donors (Lipinski definition) is 2. The molecule has 0 amide bonds. The molecule has 1 fully saturated rings. The van der Waals surface area contributed by atoms with E-state index in [1.54, 1.807) is 18.4 Å². The zero-order valence-electron chi connectivity index (χ0n) is 16.1. The average molecular weight is 385 g/mol. The third-order valence-corrected chi connectivity index (χ3v) is 4.56. The lowest BCUT2D eigenvalue weighted by molar-refractivity contribution is 0.0600. The van der Waals surface area contributed by atoms with Gasteiger partial charge in [0.15, 0.2) is 5.96 Å². The van der Waals surface area contributed by atoms with Crippen LogP contribution in [0, 0.1) is 0 Å². The Hall–Kier alpha value is -2.80. The van der Waals surface area contributed by atoms with Gasteiger partial charge in [-0.05, 0) is 42.7 Å². The van der Waals surface area contributed by atoms with Gasteiger partial charge in [0.2, 0.25) is 0 Å². The van der Waals surface area contributed by atoms with Gasteiger partial charge in [0.05, 0.1) is 31.6 Å². The van der Waals surface area contributed by atoms with Crippen molar-refractivity contribution >= 4 is 11.9 Å². The predicted octanol–water partition coefficient (Wildman–Crippen LogP) is 2.52. The summed E-state index contributed by atoms with van der Waals surface area (Å²) >= 11 is 0. The molecule has 1 aromatic carbocycles. The summed E-state index contributed by atoms with van der Waals surface area (Å²) < 4.78 is 15.8. The number of carbonyl (C=O) groups excluding carboxylic acids is 1. The molecule has 7 heteroatoms. The van der Waals surface area contributed by atoms with Crippen molar-refractivity contribution in [3.63, 3.8) is 0 Å². The maximum Gasteiger partial charge on any atom is 0.337 e. The Morgan fingerprint density at radius 3 is 2.79 bits per heavy atom. The van der Waals surface area contributed by atoms with Crippen molar-refractivity contribution in [3.05, 3.63) is 59.5 Å². The summed E-state index contributed by atoms with van der Waals surface area (Å²) in [5.74, 6) is 1.33. The summed E-state index contributed by atoms with van der Waals surface area (Å²) in [4.78, 5) is 16.2. The zero-order valence-corrected chi connectivity index (χ0v) is 16.1. The number of nitrogens with one attached hydrogen (secondary N) is 2. The van der Waals surface area contributed by atoms with Gasteiger partial charge in [-0.2, -0.15) is 0 Å². The summed E-state index contributed by atoms with van der Waals surface area (Å²) in [6.45, 7) is 2.78. The molecule has 1 aliphatic rings. The smallest absolute Gasteiger partial charge is 0.337 e. The molecular weight excluding hydrogens is 358 g/mol. The van der Waals surface area contributed by atoms with Gasteiger partial charge in [-0.1, -0.05) is 12.1 Å². The van der Waals surface area contributed by atoms with Gasteiger partial charge in [-0.3, -0.25) is 0 Å². The molecule has 0 spiro atoms. The Morgan fingerprint density at radius 2 is 2.11 bits per heavy atom. The first-order valence-electron chi connectivity index (χ1n) is 9.58. The van der Waals surface area contributed by atoms with Gasteiger partial charge in [-0.15, -0.1) is 0 Å². The fourth-order valence-electron chi connectivity index (χ4n) is 2.98. The van der Waals surface area contributed by atoms with Crippen LogP contribution in [0.4, 0.5) is 0 Å². The van der Waals surface area contributed by atoms with E-state index >= 15 is 0 Å². The lowest BCUT2D eigenvalue weighted by Gasteiger charge is -2.15. The minimum absolute atomic E-state index is 0.233. The van der Waals surface area contributed by atoms with Crippen LogP contribution in [0.2, 0.25) is 0 Å². The monoisotopic (exact) mass is 385 g/mol. The second kappa shape index (κ2) is 10.5. The van der Waals surface area contributed by atoms with Gasteiger partial charge in [-0.25, -0.2) is 9.79 Å². The number of nitrogens with zero attached hydrogens (tertiary/aromatic N) is 1. The number of ether oxygens (including phenoxy) is 2. The molecule has 2 aromatic rings. The Kier molecular flexibility index (Phi) is 7.49. The topological polar surface area (TPSA) is 85.1 Å². The largest absolute Gasteiger partial charge is 0.469 e. The number of hydrogen-bond acceptors (Lipinski definition) is 5. The van der Waals surface area contributed by atoms with E-state index in [4.69, 9.17) is 13.9 Å². The first-order chi connectivity index (χ1) is 13.7. The van der Waals surface area contributed by atoms with Crippen LogP contribution >= 0.6 is 0 Å². The fraction of sp³-hybridized carbons (Fsp3) is 0.429. The predicted molar refractivity (Wildman–Crippen MR) is 106 cm³/mol. The first kappa shape index (κ1) is 19.9. The minimum Gasteiger partial charge on any atom is -0.469 e. The number of aliphatic imine (C=N–C) groups is 1. The fourth-order valence-corrected chi connectivity index (χ4v) is 2.98. The Bertz CT molecular complexity index is 750. The van der Waals surface area contributed by atoms with Gasteiger partial charge in [0, 0.05) is 26.1 Å². The van der Waals surface area contributed by atoms with Crippen molar-refractivity contribution in [1.29, 1.82) is 0 Å². The van der Waals surface area contributed by atoms with Gasteiger partial charge in [0.1, 0.15) is 5.76 Å². The lowest BCUT2D eigenvalue weighted by Crippen LogP contribution is -2.41. The summed E-state index contributed by atoms with van der Waals surface area (Å²) in [5.41, 5.74) is 1.54. The van der Waals surface area contributed by atoms with Crippen LogP contribution in [0.1, 0.15) is 34.5 Å². The number of furan rings is 1. The molecular formula is C21H27N3O4. The molecule has 150 valence electrons. The summed E-state index contributed by atoms with van der Waals surface area (Å²) in [7, 11) is 1.38. The molecule has 7 nitrogen and oxygen atoms in total. The summed E-state index contributed by atoms with van der Waals surface area (Å²) in [5, 5.41) is 6.70. The van der Waals surface area contributed by atoms with E-state index in [-0.39, 0.29) is 12.1 Å². The van der Waals surface area contributed by atoms with Gasteiger partial charge >= 0.3 is 5.97 Å². The van der Waals surface area contributed by atoms with Crippen molar-refractivity contribution in [3.8, 4) is 0 Å². The zero-order chi connectivity index (χ0) is 19.6. The molecule has 1 saturated heterocycles. The van der Waals surface area contributed by atoms with E-state index in [1.807, 2.05) is 24.3 Å². The van der Waals surface area contributed by atoms with Gasteiger partial charge < -0.3 is 24.5 Å². The van der Waals surface area contributed by atoms with Crippen LogP contribution in [-0.4, -0.2) is 44.8 Å². The SMILES string of the molecule is COC(=O)c1ccc(CN=C(NCCc2ccco2)NCC2CCCO2)cc1. The quantitative estimate of drug-likeness (QED) is 0.413. The molecule has 2 N–H and O–H groups in total. The number of guanidine groups is 1. The van der Waals surface area contributed by atoms with E-state index < -0.39 is 0 Å². The third kappa shape index (κ3) is 6.13. The number of carbonyl (C=O) groups is 1. The number of esters is 1. The minimum atomic E-state index is -0.339. The molecule has 0 bridgehead atoms. The highest BCUT2D eigenvalue weighted by atomic mass is 16.5. The van der Waals surface area contributed by atoms with Crippen LogP contribution in [0.3, 0.4) is 0 Å². The van der Waals surface area contributed by atoms with Crippen molar-refractivity contribution in [2.45, 2.75) is 31.9 Å². The van der Waals surface area contributed by atoms with E-state index in [9.17, 15) is 4.79 Å². The molecule has 1 aromatic heterocycles. The van der Waals surface area contributed by atoms with E-state index in [2.05, 4.69) is 15.6 Å². The molecule has 2 heterocycles. The highest BCUT2D eigenvalue weighted by Gasteiger charge is 2.15. The number of rotatable bonds is 8. The van der Waals surface area contributed by atoms with Crippen LogP contribution in [0.15, 0.2) is 52.1 Å². The maximum absolute atomic E-state index is 11.5. The van der Waals surface area contributed by atoms with E-state index in [0.717, 1.165) is 49.7 Å². The second-order valence-corrected chi connectivity index (χ2v) is 6.63. The third-order valence-electron chi connectivity index (χ3n) is 4.56. The van der Waals surface area contributed by atoms with Crippen molar-refractivity contribution in [2.24, 2.45) is 4.99 Å². The number of benzene rings is 1. The van der Waals surface area contributed by atoms with Crippen molar-refractivity contribution < 1.29 is 18.7 Å². The molecule has 1 aliphatic heterocycles. The summed E-state index contributed by atoms with van der Waals surface area (Å²) in [6.07, 6.45) is 4.87. The first-order valence-corrected chi connectivity index (χ1v) is 9.58. The van der Waals surface area contributed by atoms with Crippen molar-refractivity contribution in [2.75, 3.05) is 26.8 Å². The highest BCUT2D eigenvalue weighted by Crippen LogP contribution is 2.11. The molecule has 28 heavy (non-hydrogen) atoms. The molecule has 1 atom stereocenters. The average Bonchev–Trinajstić information content (AvgIpc) is 3.43. The van der Waals surface area contributed by atoms with Crippen molar-refractivity contribution in [1.82, 2.24) is 10.6 Å². The van der Waals surface area contributed by atoms with Crippen LogP contribution in [0.25, 0.3) is 0 Å². The molecule has 1 unspecified atom stereocenters. The van der Waals surface area contributed by atoms with Crippen LogP contribution < -0.4 is 10.6 Å². The van der Waals surface area contributed by atoms with Gasteiger partial charge in [0.25, 0.3) is 0 Å². The molecule has 0 saturated carbocycles. The normalized spacial score (nSPS) is 16.8. The standard InChI is InChI=1S/C21H27N3O4/c1-26-20(25)17-8-6-16(7-9-17)14-23-21(24-15-19-5-3-13-28-19)22-11-10-18-4-2-12-27-18/h2,4,6-9,12,19H,3,5,10-11,13-15H2,1H3,(H2,22,23,24). The Morgan fingerprint density at radius 1 is 1.25 bits per heavy atom. The Labute approximate surface area is 165 Å². The molecule has 0 radical (unpaired) electrons. The van der Waals surface area contributed by atoms with Crippen LogP contribution in [0.5, 0.6) is 0 Å². The van der Waals surface area contributed by atoms with E-state index in [0.29, 0.717) is 18.7 Å². The molecule has 3 rings (SSSR count). The lowest BCUT2D eigenvalue weighted by atomic mass is 10.1. The van der Waals surface area contributed by atoms with E-state index in [1.165, 1.54) is 7.11 Å². The maximum atomic E-state index is 11.5.